The zero-order chi connectivity index (χ0) is 19.5. The van der Waals surface area contributed by atoms with Gasteiger partial charge in [-0.05, 0) is 48.6 Å². The third-order valence-electron chi connectivity index (χ3n) is 5.26. The number of nitrogens with zero attached hydrogens (tertiary/aromatic N) is 2. The molecule has 28 heavy (non-hydrogen) atoms. The topological polar surface area (TPSA) is 75.1 Å². The number of hydrogen-bond donors (Lipinski definition) is 2. The minimum absolute atomic E-state index is 0.237. The Labute approximate surface area is 162 Å². The molecule has 3 aromatic rings. The monoisotopic (exact) mass is 379 g/mol. The molecule has 1 amide bonds. The first kappa shape index (κ1) is 18.5. The van der Waals surface area contributed by atoms with E-state index < -0.39 is 12.1 Å². The van der Waals surface area contributed by atoms with Crippen LogP contribution in [-0.4, -0.2) is 33.1 Å². The molecule has 1 aliphatic carbocycles. The summed E-state index contributed by atoms with van der Waals surface area (Å²) in [5, 5.41) is 14.0. The van der Waals surface area contributed by atoms with Crippen molar-refractivity contribution < 1.29 is 14.3 Å². The zero-order valence-corrected chi connectivity index (χ0v) is 15.4. The third kappa shape index (κ3) is 4.02. The minimum Gasteiger partial charge on any atom is -0.391 e. The second kappa shape index (κ2) is 8.02. The molecule has 2 aromatic heterocycles. The molecule has 1 saturated carbocycles. The van der Waals surface area contributed by atoms with Crippen molar-refractivity contribution in [3.05, 3.63) is 71.4 Å². The fraction of sp³-hybridized carbons (Fsp3) is 0.318. The van der Waals surface area contributed by atoms with Crippen LogP contribution in [0.5, 0.6) is 0 Å². The van der Waals surface area contributed by atoms with E-state index in [0.29, 0.717) is 18.5 Å². The lowest BCUT2D eigenvalue weighted by atomic mass is 9.92. The lowest BCUT2D eigenvalue weighted by Gasteiger charge is -2.28. The van der Waals surface area contributed by atoms with Crippen LogP contribution in [0.25, 0.3) is 10.9 Å². The van der Waals surface area contributed by atoms with Gasteiger partial charge in [0.2, 0.25) is 5.95 Å². The molecule has 0 spiro atoms. The number of halogens is 1. The van der Waals surface area contributed by atoms with E-state index in [2.05, 4.69) is 15.3 Å². The van der Waals surface area contributed by atoms with Crippen molar-refractivity contribution in [2.45, 2.75) is 44.2 Å². The summed E-state index contributed by atoms with van der Waals surface area (Å²) < 4.78 is 13.1. The molecule has 4 rings (SSSR count). The number of hydrogen-bond acceptors (Lipinski definition) is 4. The molecule has 1 fully saturated rings. The first-order valence-electron chi connectivity index (χ1n) is 9.58. The van der Waals surface area contributed by atoms with Crippen LogP contribution in [0.2, 0.25) is 0 Å². The van der Waals surface area contributed by atoms with E-state index in [0.717, 1.165) is 41.3 Å². The number of rotatable bonds is 4. The Kier molecular flexibility index (Phi) is 5.30. The highest BCUT2D eigenvalue weighted by Gasteiger charge is 2.25. The van der Waals surface area contributed by atoms with Crippen molar-refractivity contribution in [1.29, 1.82) is 0 Å². The highest BCUT2D eigenvalue weighted by molar-refractivity contribution is 5.96. The molecule has 5 nitrogen and oxygen atoms in total. The Morgan fingerprint density at radius 1 is 1.18 bits per heavy atom. The molecule has 0 saturated heterocycles. The van der Waals surface area contributed by atoms with Gasteiger partial charge in [-0.1, -0.05) is 37.1 Å². The van der Waals surface area contributed by atoms with Gasteiger partial charge in [0.15, 0.2) is 0 Å². The maximum atomic E-state index is 13.1. The molecule has 2 atom stereocenters. The normalized spacial score (nSPS) is 19.5. The van der Waals surface area contributed by atoms with E-state index in [9.17, 15) is 14.3 Å². The molecule has 2 N–H and O–H groups in total. The summed E-state index contributed by atoms with van der Waals surface area (Å²) in [6.07, 6.45) is 4.97. The van der Waals surface area contributed by atoms with Crippen LogP contribution in [0, 0.1) is 5.95 Å². The largest absolute Gasteiger partial charge is 0.391 e. The smallest absolute Gasteiger partial charge is 0.270 e. The number of aromatic nitrogens is 2. The fourth-order valence-corrected chi connectivity index (χ4v) is 3.76. The number of benzene rings is 1. The SMILES string of the molecule is O=C(N[C@H]1CCCC[C@@H]1O)c1cc(Cc2ccc(F)nc2)c2ccccc2n1. The summed E-state index contributed by atoms with van der Waals surface area (Å²) in [6.45, 7) is 0. The van der Waals surface area contributed by atoms with E-state index in [1.54, 1.807) is 12.1 Å². The highest BCUT2D eigenvalue weighted by atomic mass is 19.1. The minimum atomic E-state index is -0.519. The van der Waals surface area contributed by atoms with E-state index in [1.165, 1.54) is 12.3 Å². The summed E-state index contributed by atoms with van der Waals surface area (Å²) in [5.74, 6) is -0.801. The van der Waals surface area contributed by atoms with Crippen molar-refractivity contribution in [2.75, 3.05) is 0 Å². The maximum Gasteiger partial charge on any atom is 0.270 e. The van der Waals surface area contributed by atoms with Crippen LogP contribution >= 0.6 is 0 Å². The Bertz CT molecular complexity index is 991. The number of aliphatic hydroxyl groups is 1. The summed E-state index contributed by atoms with van der Waals surface area (Å²) in [4.78, 5) is 21.0. The molecule has 1 aliphatic rings. The molecule has 1 aromatic carbocycles. The maximum absolute atomic E-state index is 13.1. The van der Waals surface area contributed by atoms with Crippen LogP contribution in [0.1, 0.15) is 47.3 Å². The van der Waals surface area contributed by atoms with Gasteiger partial charge in [0.05, 0.1) is 17.7 Å². The van der Waals surface area contributed by atoms with Gasteiger partial charge in [-0.25, -0.2) is 9.97 Å². The van der Waals surface area contributed by atoms with Crippen LogP contribution in [0.15, 0.2) is 48.7 Å². The average molecular weight is 379 g/mol. The number of aliphatic hydroxyl groups excluding tert-OH is 1. The number of carbonyl (C=O) groups excluding carboxylic acids is 1. The molecule has 0 unspecified atom stereocenters. The molecule has 144 valence electrons. The second-order valence-electron chi connectivity index (χ2n) is 7.28. The fourth-order valence-electron chi connectivity index (χ4n) is 3.76. The van der Waals surface area contributed by atoms with E-state index in [1.807, 2.05) is 24.3 Å². The predicted octanol–water partition coefficient (Wildman–Crippen LogP) is 3.39. The third-order valence-corrected chi connectivity index (χ3v) is 5.26. The standard InChI is InChI=1S/C22H22FN3O2/c23-21-10-9-14(13-24-21)11-15-12-19(25-17-6-2-1-5-16(15)17)22(28)26-18-7-3-4-8-20(18)27/h1-2,5-6,9-10,12-13,18,20,27H,3-4,7-8,11H2,(H,26,28)/t18-,20-/m0/s1. The van der Waals surface area contributed by atoms with Crippen molar-refractivity contribution in [1.82, 2.24) is 15.3 Å². The predicted molar refractivity (Wildman–Crippen MR) is 104 cm³/mol. The van der Waals surface area contributed by atoms with E-state index >= 15 is 0 Å². The van der Waals surface area contributed by atoms with Crippen molar-refractivity contribution >= 4 is 16.8 Å². The van der Waals surface area contributed by atoms with Crippen LogP contribution in [-0.2, 0) is 6.42 Å². The summed E-state index contributed by atoms with van der Waals surface area (Å²) >= 11 is 0. The second-order valence-corrected chi connectivity index (χ2v) is 7.28. The van der Waals surface area contributed by atoms with Gasteiger partial charge in [-0.2, -0.15) is 4.39 Å². The van der Waals surface area contributed by atoms with Gasteiger partial charge in [-0.15, -0.1) is 0 Å². The van der Waals surface area contributed by atoms with Crippen LogP contribution in [0.3, 0.4) is 0 Å². The molecule has 0 radical (unpaired) electrons. The number of nitrogens with one attached hydrogen (secondary N) is 1. The Balaban J connectivity index is 1.65. The average Bonchev–Trinajstić information content (AvgIpc) is 2.71. The van der Waals surface area contributed by atoms with Crippen LogP contribution in [0.4, 0.5) is 4.39 Å². The van der Waals surface area contributed by atoms with Crippen molar-refractivity contribution in [2.24, 2.45) is 0 Å². The summed E-state index contributed by atoms with van der Waals surface area (Å²) in [7, 11) is 0. The van der Waals surface area contributed by atoms with Gasteiger partial charge in [0, 0.05) is 11.6 Å². The lowest BCUT2D eigenvalue weighted by Crippen LogP contribution is -2.45. The zero-order valence-electron chi connectivity index (χ0n) is 15.4. The molecular formula is C22H22FN3O2. The number of amides is 1. The number of para-hydroxylation sites is 1. The van der Waals surface area contributed by atoms with Gasteiger partial charge >= 0.3 is 0 Å². The summed E-state index contributed by atoms with van der Waals surface area (Å²) in [5.41, 5.74) is 2.83. The molecule has 0 bridgehead atoms. The first-order chi connectivity index (χ1) is 13.6. The number of fused-ring (bicyclic) bond motifs is 1. The summed E-state index contributed by atoms with van der Waals surface area (Å²) in [6, 6.07) is 12.2. The van der Waals surface area contributed by atoms with Gasteiger partial charge in [-0.3, -0.25) is 4.79 Å². The number of pyridine rings is 2. The number of carbonyl (C=O) groups is 1. The molecule has 2 heterocycles. The Morgan fingerprint density at radius 2 is 2.00 bits per heavy atom. The van der Waals surface area contributed by atoms with Gasteiger partial charge < -0.3 is 10.4 Å². The Hall–Kier alpha value is -2.86. The lowest BCUT2D eigenvalue weighted by molar-refractivity contribution is 0.0714. The van der Waals surface area contributed by atoms with Gasteiger partial charge in [0.1, 0.15) is 5.69 Å². The van der Waals surface area contributed by atoms with E-state index in [4.69, 9.17) is 0 Å². The molecular weight excluding hydrogens is 357 g/mol. The van der Waals surface area contributed by atoms with Crippen molar-refractivity contribution in [3.63, 3.8) is 0 Å². The first-order valence-corrected chi connectivity index (χ1v) is 9.58. The molecule has 0 aliphatic heterocycles. The van der Waals surface area contributed by atoms with Crippen molar-refractivity contribution in [3.8, 4) is 0 Å². The Morgan fingerprint density at radius 3 is 2.79 bits per heavy atom. The quantitative estimate of drug-likeness (QED) is 0.682. The van der Waals surface area contributed by atoms with Crippen LogP contribution < -0.4 is 5.32 Å². The molecule has 6 heteroatoms. The van der Waals surface area contributed by atoms with Gasteiger partial charge in [0.25, 0.3) is 5.91 Å². The highest BCUT2D eigenvalue weighted by Crippen LogP contribution is 2.23. The van der Waals surface area contributed by atoms with E-state index in [-0.39, 0.29) is 11.9 Å².